The Labute approximate surface area is 158 Å². The summed E-state index contributed by atoms with van der Waals surface area (Å²) in [5.41, 5.74) is 4.89. The highest BCUT2D eigenvalue weighted by Crippen LogP contribution is 2.24. The molecule has 0 fully saturated rings. The average molecular weight is 396 g/mol. The van der Waals surface area contributed by atoms with Crippen LogP contribution in [0.5, 0.6) is 5.75 Å². The van der Waals surface area contributed by atoms with Crippen LogP contribution in [-0.4, -0.2) is 0 Å². The molecule has 25 heavy (non-hydrogen) atoms. The van der Waals surface area contributed by atoms with Crippen LogP contribution >= 0.6 is 15.9 Å². The maximum absolute atomic E-state index is 6.04. The van der Waals surface area contributed by atoms with Gasteiger partial charge in [0.2, 0.25) is 0 Å². The first kappa shape index (κ1) is 17.7. The molecule has 3 aromatic rings. The van der Waals surface area contributed by atoms with Gasteiger partial charge < -0.3 is 10.1 Å². The van der Waals surface area contributed by atoms with Gasteiger partial charge in [-0.2, -0.15) is 0 Å². The Kier molecular flexibility index (Phi) is 6.26. The van der Waals surface area contributed by atoms with E-state index in [4.69, 9.17) is 4.74 Å². The van der Waals surface area contributed by atoms with Crippen LogP contribution in [-0.2, 0) is 19.7 Å². The van der Waals surface area contributed by atoms with Gasteiger partial charge in [0.05, 0.1) is 0 Å². The average Bonchev–Trinajstić information content (AvgIpc) is 2.63. The molecule has 0 atom stereocenters. The monoisotopic (exact) mass is 395 g/mol. The minimum atomic E-state index is 0.577. The SMILES string of the molecule is Cc1ccc(CNCc2cc(Br)ccc2OCc2ccccc2)cc1. The van der Waals surface area contributed by atoms with Crippen LogP contribution in [0.15, 0.2) is 77.3 Å². The molecule has 3 rings (SSSR count). The Balaban J connectivity index is 1.61. The van der Waals surface area contributed by atoms with Crippen LogP contribution in [0.2, 0.25) is 0 Å². The molecular formula is C22H22BrNO. The van der Waals surface area contributed by atoms with E-state index in [-0.39, 0.29) is 0 Å². The summed E-state index contributed by atoms with van der Waals surface area (Å²) in [5, 5.41) is 3.50. The molecule has 0 spiro atoms. The molecule has 0 saturated heterocycles. The zero-order valence-corrected chi connectivity index (χ0v) is 15.9. The third-order valence-electron chi connectivity index (χ3n) is 4.02. The van der Waals surface area contributed by atoms with Crippen molar-refractivity contribution in [1.29, 1.82) is 0 Å². The lowest BCUT2D eigenvalue weighted by Crippen LogP contribution is -2.13. The molecule has 0 amide bonds. The molecule has 3 heteroatoms. The summed E-state index contributed by atoms with van der Waals surface area (Å²) in [4.78, 5) is 0. The number of ether oxygens (including phenoxy) is 1. The van der Waals surface area contributed by atoms with Crippen LogP contribution in [0.3, 0.4) is 0 Å². The molecule has 0 aromatic heterocycles. The summed E-state index contributed by atoms with van der Waals surface area (Å²) < 4.78 is 7.10. The quantitative estimate of drug-likeness (QED) is 0.559. The predicted molar refractivity (Wildman–Crippen MR) is 107 cm³/mol. The number of hydrogen-bond donors (Lipinski definition) is 1. The van der Waals surface area contributed by atoms with Gasteiger partial charge in [-0.05, 0) is 36.2 Å². The van der Waals surface area contributed by atoms with E-state index in [0.717, 1.165) is 28.9 Å². The second-order valence-electron chi connectivity index (χ2n) is 6.12. The van der Waals surface area contributed by atoms with E-state index in [1.54, 1.807) is 0 Å². The zero-order valence-electron chi connectivity index (χ0n) is 14.3. The number of halogens is 1. The summed E-state index contributed by atoms with van der Waals surface area (Å²) in [6.45, 7) is 4.28. The standard InChI is InChI=1S/C22H22BrNO/c1-17-7-9-18(10-8-17)14-24-15-20-13-21(23)11-12-22(20)25-16-19-5-3-2-4-6-19/h2-13,24H,14-16H2,1H3. The van der Waals surface area contributed by atoms with Gasteiger partial charge in [-0.25, -0.2) is 0 Å². The molecule has 0 aliphatic heterocycles. The maximum Gasteiger partial charge on any atom is 0.124 e. The molecule has 1 N–H and O–H groups in total. The minimum Gasteiger partial charge on any atom is -0.489 e. The second kappa shape index (κ2) is 8.84. The molecule has 0 heterocycles. The van der Waals surface area contributed by atoms with Crippen LogP contribution < -0.4 is 10.1 Å². The Bertz CT molecular complexity index is 800. The highest BCUT2D eigenvalue weighted by atomic mass is 79.9. The zero-order chi connectivity index (χ0) is 17.5. The largest absolute Gasteiger partial charge is 0.489 e. The summed E-state index contributed by atoms with van der Waals surface area (Å²) in [7, 11) is 0. The lowest BCUT2D eigenvalue weighted by Gasteiger charge is -2.13. The Morgan fingerprint density at radius 1 is 0.840 bits per heavy atom. The number of hydrogen-bond acceptors (Lipinski definition) is 2. The van der Waals surface area contributed by atoms with E-state index >= 15 is 0 Å². The van der Waals surface area contributed by atoms with E-state index in [9.17, 15) is 0 Å². The normalized spacial score (nSPS) is 10.6. The summed E-state index contributed by atoms with van der Waals surface area (Å²) in [5.74, 6) is 0.920. The predicted octanol–water partition coefficient (Wildman–Crippen LogP) is 5.63. The van der Waals surface area contributed by atoms with E-state index in [2.05, 4.69) is 70.6 Å². The van der Waals surface area contributed by atoms with Gasteiger partial charge in [0.1, 0.15) is 12.4 Å². The molecule has 128 valence electrons. The molecule has 3 aromatic carbocycles. The molecule has 0 bridgehead atoms. The van der Waals surface area contributed by atoms with Crippen molar-refractivity contribution in [2.24, 2.45) is 0 Å². The van der Waals surface area contributed by atoms with Gasteiger partial charge in [-0.15, -0.1) is 0 Å². The lowest BCUT2D eigenvalue weighted by molar-refractivity contribution is 0.302. The number of nitrogens with one attached hydrogen (secondary N) is 1. The molecule has 2 nitrogen and oxygen atoms in total. The van der Waals surface area contributed by atoms with Crippen molar-refractivity contribution >= 4 is 15.9 Å². The van der Waals surface area contributed by atoms with Gasteiger partial charge in [-0.3, -0.25) is 0 Å². The first-order chi connectivity index (χ1) is 12.2. The van der Waals surface area contributed by atoms with Crippen molar-refractivity contribution in [3.63, 3.8) is 0 Å². The van der Waals surface area contributed by atoms with Gasteiger partial charge in [-0.1, -0.05) is 76.1 Å². The van der Waals surface area contributed by atoms with E-state index in [0.29, 0.717) is 6.61 Å². The van der Waals surface area contributed by atoms with Crippen molar-refractivity contribution in [2.45, 2.75) is 26.6 Å². The first-order valence-corrected chi connectivity index (χ1v) is 9.21. The topological polar surface area (TPSA) is 21.3 Å². The number of aryl methyl sites for hydroxylation is 1. The summed E-state index contributed by atoms with van der Waals surface area (Å²) >= 11 is 3.55. The fourth-order valence-electron chi connectivity index (χ4n) is 2.61. The van der Waals surface area contributed by atoms with Crippen molar-refractivity contribution in [1.82, 2.24) is 5.32 Å². The first-order valence-electron chi connectivity index (χ1n) is 8.42. The Morgan fingerprint density at radius 3 is 2.36 bits per heavy atom. The highest BCUT2D eigenvalue weighted by molar-refractivity contribution is 9.10. The van der Waals surface area contributed by atoms with Crippen molar-refractivity contribution < 1.29 is 4.74 Å². The van der Waals surface area contributed by atoms with E-state index < -0.39 is 0 Å². The molecule has 0 saturated carbocycles. The fraction of sp³-hybridized carbons (Fsp3) is 0.182. The van der Waals surface area contributed by atoms with Gasteiger partial charge in [0.25, 0.3) is 0 Å². The van der Waals surface area contributed by atoms with Gasteiger partial charge in [0, 0.05) is 23.1 Å². The molecule has 0 aliphatic carbocycles. The number of benzene rings is 3. The van der Waals surface area contributed by atoms with Crippen molar-refractivity contribution in [2.75, 3.05) is 0 Å². The molecule has 0 unspecified atom stereocenters. The Morgan fingerprint density at radius 2 is 1.60 bits per heavy atom. The molecule has 0 radical (unpaired) electrons. The lowest BCUT2D eigenvalue weighted by atomic mass is 10.1. The number of rotatable bonds is 7. The van der Waals surface area contributed by atoms with Gasteiger partial charge in [0.15, 0.2) is 0 Å². The molecule has 0 aliphatic rings. The fourth-order valence-corrected chi connectivity index (χ4v) is 3.02. The summed E-state index contributed by atoms with van der Waals surface area (Å²) in [6, 6.07) is 25.0. The van der Waals surface area contributed by atoms with Crippen LogP contribution in [0.25, 0.3) is 0 Å². The van der Waals surface area contributed by atoms with Crippen molar-refractivity contribution in [3.8, 4) is 5.75 Å². The van der Waals surface area contributed by atoms with Crippen LogP contribution in [0.4, 0.5) is 0 Å². The van der Waals surface area contributed by atoms with Crippen LogP contribution in [0.1, 0.15) is 22.3 Å². The van der Waals surface area contributed by atoms with E-state index in [1.165, 1.54) is 16.7 Å². The second-order valence-corrected chi connectivity index (χ2v) is 7.03. The van der Waals surface area contributed by atoms with E-state index in [1.807, 2.05) is 30.3 Å². The third kappa shape index (κ3) is 5.45. The Hall–Kier alpha value is -2.10. The minimum absolute atomic E-state index is 0.577. The smallest absolute Gasteiger partial charge is 0.124 e. The molecular weight excluding hydrogens is 374 g/mol. The maximum atomic E-state index is 6.04. The third-order valence-corrected chi connectivity index (χ3v) is 4.52. The summed E-state index contributed by atoms with van der Waals surface area (Å²) in [6.07, 6.45) is 0. The van der Waals surface area contributed by atoms with Gasteiger partial charge >= 0.3 is 0 Å². The van der Waals surface area contributed by atoms with Crippen molar-refractivity contribution in [3.05, 3.63) is 99.5 Å². The highest BCUT2D eigenvalue weighted by Gasteiger charge is 2.05. The van der Waals surface area contributed by atoms with Crippen LogP contribution in [0, 0.1) is 6.92 Å².